The Morgan fingerprint density at radius 3 is 2.61 bits per heavy atom. The molecule has 1 aromatic heterocycles. The van der Waals surface area contributed by atoms with Crippen molar-refractivity contribution < 1.29 is 9.59 Å². The molecule has 0 bridgehead atoms. The van der Waals surface area contributed by atoms with Gasteiger partial charge in [-0.05, 0) is 25.5 Å². The van der Waals surface area contributed by atoms with Gasteiger partial charge in [0.25, 0.3) is 0 Å². The number of amides is 3. The maximum absolute atomic E-state index is 11.9. The van der Waals surface area contributed by atoms with Crippen molar-refractivity contribution in [1.29, 1.82) is 0 Å². The summed E-state index contributed by atoms with van der Waals surface area (Å²) >= 11 is 1.64. The van der Waals surface area contributed by atoms with E-state index in [9.17, 15) is 9.59 Å². The van der Waals surface area contributed by atoms with E-state index in [2.05, 4.69) is 0 Å². The average Bonchev–Trinajstić information content (AvgIpc) is 2.88. The highest BCUT2D eigenvalue weighted by Gasteiger charge is 2.35. The van der Waals surface area contributed by atoms with Gasteiger partial charge < -0.3 is 9.80 Å². The van der Waals surface area contributed by atoms with Gasteiger partial charge >= 0.3 is 6.03 Å². The minimum absolute atomic E-state index is 0.0596. The fourth-order valence-electron chi connectivity index (χ4n) is 2.01. The van der Waals surface area contributed by atoms with Crippen LogP contribution in [0.2, 0.25) is 0 Å². The molecule has 0 spiro atoms. The van der Waals surface area contributed by atoms with Crippen LogP contribution in [0.1, 0.15) is 10.9 Å². The van der Waals surface area contributed by atoms with Gasteiger partial charge in [-0.2, -0.15) is 0 Å². The number of urea groups is 1. The zero-order chi connectivity index (χ0) is 13.3. The Hall–Kier alpha value is -1.40. The highest BCUT2D eigenvalue weighted by molar-refractivity contribution is 7.10. The second-order valence-corrected chi connectivity index (χ2v) is 5.62. The van der Waals surface area contributed by atoms with E-state index in [0.29, 0.717) is 6.54 Å². The summed E-state index contributed by atoms with van der Waals surface area (Å²) in [6, 6.07) is 3.87. The molecule has 1 aliphatic rings. The predicted octanol–water partition coefficient (Wildman–Crippen LogP) is 1.24. The first-order valence-electron chi connectivity index (χ1n) is 5.76. The van der Waals surface area contributed by atoms with Gasteiger partial charge in [0, 0.05) is 11.9 Å². The largest absolute Gasteiger partial charge is 0.327 e. The topological polar surface area (TPSA) is 43.9 Å². The van der Waals surface area contributed by atoms with Crippen LogP contribution in [0.3, 0.4) is 0 Å². The average molecular weight is 267 g/mol. The zero-order valence-corrected chi connectivity index (χ0v) is 11.6. The number of nitrogens with zero attached hydrogens (tertiary/aromatic N) is 3. The number of likely N-dealkylation sites (N-methyl/N-ethyl adjacent to an activating group) is 2. The highest BCUT2D eigenvalue weighted by Crippen LogP contribution is 2.25. The summed E-state index contributed by atoms with van der Waals surface area (Å²) in [5.41, 5.74) is 0. The monoisotopic (exact) mass is 267 g/mol. The summed E-state index contributed by atoms with van der Waals surface area (Å²) in [6.07, 6.45) is 0. The van der Waals surface area contributed by atoms with Crippen LogP contribution in [0, 0.1) is 0 Å². The molecule has 1 aromatic rings. The number of hydrogen-bond acceptors (Lipinski definition) is 4. The van der Waals surface area contributed by atoms with Crippen molar-refractivity contribution in [2.75, 3.05) is 34.2 Å². The molecule has 1 fully saturated rings. The van der Waals surface area contributed by atoms with Crippen molar-refractivity contribution in [2.45, 2.75) is 6.04 Å². The fourth-order valence-corrected chi connectivity index (χ4v) is 2.92. The van der Waals surface area contributed by atoms with Gasteiger partial charge in [-0.15, -0.1) is 11.3 Å². The van der Waals surface area contributed by atoms with Crippen LogP contribution in [-0.4, -0.2) is 60.9 Å². The summed E-state index contributed by atoms with van der Waals surface area (Å²) < 4.78 is 0. The fraction of sp³-hybridized carbons (Fsp3) is 0.500. The number of carbonyl (C=O) groups is 2. The molecule has 2 rings (SSSR count). The Morgan fingerprint density at radius 1 is 1.44 bits per heavy atom. The van der Waals surface area contributed by atoms with Crippen molar-refractivity contribution in [3.63, 3.8) is 0 Å². The van der Waals surface area contributed by atoms with Crippen LogP contribution in [-0.2, 0) is 4.79 Å². The molecule has 2 heterocycles. The molecule has 18 heavy (non-hydrogen) atoms. The van der Waals surface area contributed by atoms with E-state index < -0.39 is 0 Å². The summed E-state index contributed by atoms with van der Waals surface area (Å²) in [5, 5.41) is 2.01. The first kappa shape index (κ1) is 13.0. The van der Waals surface area contributed by atoms with E-state index in [1.807, 2.05) is 36.5 Å². The lowest BCUT2D eigenvalue weighted by Crippen LogP contribution is -2.38. The number of carbonyl (C=O) groups excluding carboxylic acids is 2. The van der Waals surface area contributed by atoms with E-state index >= 15 is 0 Å². The molecule has 5 nitrogen and oxygen atoms in total. The molecule has 1 atom stereocenters. The molecule has 1 unspecified atom stereocenters. The quantitative estimate of drug-likeness (QED) is 0.771. The van der Waals surface area contributed by atoms with Gasteiger partial charge in [-0.3, -0.25) is 9.69 Å². The third-order valence-electron chi connectivity index (χ3n) is 3.08. The third kappa shape index (κ3) is 2.39. The minimum atomic E-state index is -0.205. The summed E-state index contributed by atoms with van der Waals surface area (Å²) in [4.78, 5) is 29.6. The van der Waals surface area contributed by atoms with Crippen LogP contribution in [0.25, 0.3) is 0 Å². The Balaban J connectivity index is 2.15. The molecule has 98 valence electrons. The van der Waals surface area contributed by atoms with Crippen molar-refractivity contribution in [3.8, 4) is 0 Å². The van der Waals surface area contributed by atoms with E-state index in [0.717, 1.165) is 4.88 Å². The first-order chi connectivity index (χ1) is 8.50. The molecule has 0 aliphatic carbocycles. The van der Waals surface area contributed by atoms with Crippen molar-refractivity contribution in [1.82, 2.24) is 14.7 Å². The van der Waals surface area contributed by atoms with Gasteiger partial charge in [0.2, 0.25) is 5.91 Å². The number of imide groups is 1. The lowest BCUT2D eigenvalue weighted by atomic mass is 10.2. The number of rotatable bonds is 4. The van der Waals surface area contributed by atoms with Crippen LogP contribution in [0.5, 0.6) is 0 Å². The van der Waals surface area contributed by atoms with E-state index in [1.165, 1.54) is 9.80 Å². The smallest absolute Gasteiger partial charge is 0.318 e. The van der Waals surface area contributed by atoms with Gasteiger partial charge in [-0.1, -0.05) is 6.07 Å². The van der Waals surface area contributed by atoms with Crippen molar-refractivity contribution in [2.24, 2.45) is 0 Å². The van der Waals surface area contributed by atoms with Crippen molar-refractivity contribution in [3.05, 3.63) is 22.4 Å². The summed E-state index contributed by atoms with van der Waals surface area (Å²) in [7, 11) is 5.56. The Labute approximate surface area is 111 Å². The minimum Gasteiger partial charge on any atom is -0.318 e. The maximum atomic E-state index is 11.9. The van der Waals surface area contributed by atoms with Crippen LogP contribution in [0.4, 0.5) is 4.79 Å². The van der Waals surface area contributed by atoms with Crippen LogP contribution < -0.4 is 0 Å². The standard InChI is InChI=1S/C12H17N3O2S/c1-13(2)9(10-5-4-6-18-10)7-15-11(16)8-14(3)12(15)17/h4-6,9H,7-8H2,1-3H3. The van der Waals surface area contributed by atoms with Gasteiger partial charge in [0.15, 0.2) is 0 Å². The molecular formula is C12H17N3O2S. The Bertz CT molecular complexity index is 444. The second-order valence-electron chi connectivity index (χ2n) is 4.64. The van der Waals surface area contributed by atoms with Gasteiger partial charge in [-0.25, -0.2) is 4.79 Å². The molecule has 3 amide bonds. The molecule has 0 N–H and O–H groups in total. The number of hydrogen-bond donors (Lipinski definition) is 0. The molecule has 1 saturated heterocycles. The normalized spacial score (nSPS) is 18.0. The van der Waals surface area contributed by atoms with Gasteiger partial charge in [0.05, 0.1) is 12.6 Å². The highest BCUT2D eigenvalue weighted by atomic mass is 32.1. The molecular weight excluding hydrogens is 250 g/mol. The van der Waals surface area contributed by atoms with E-state index in [1.54, 1.807) is 18.4 Å². The lowest BCUT2D eigenvalue weighted by Gasteiger charge is -2.27. The SMILES string of the molecule is CN1CC(=O)N(CC(c2cccs2)N(C)C)C1=O. The predicted molar refractivity (Wildman–Crippen MR) is 70.5 cm³/mol. The first-order valence-corrected chi connectivity index (χ1v) is 6.64. The van der Waals surface area contributed by atoms with E-state index in [4.69, 9.17) is 0 Å². The Morgan fingerprint density at radius 2 is 2.17 bits per heavy atom. The van der Waals surface area contributed by atoms with Crippen LogP contribution >= 0.6 is 11.3 Å². The second kappa shape index (κ2) is 5.07. The molecule has 0 aromatic carbocycles. The van der Waals surface area contributed by atoms with E-state index in [-0.39, 0.29) is 24.5 Å². The lowest BCUT2D eigenvalue weighted by molar-refractivity contribution is -0.125. The molecule has 0 saturated carbocycles. The zero-order valence-electron chi connectivity index (χ0n) is 10.8. The molecule has 6 heteroatoms. The maximum Gasteiger partial charge on any atom is 0.327 e. The Kier molecular flexibility index (Phi) is 3.68. The molecule has 1 aliphatic heterocycles. The summed E-state index contributed by atoms with van der Waals surface area (Å²) in [5.74, 6) is -0.120. The van der Waals surface area contributed by atoms with Crippen molar-refractivity contribution >= 4 is 23.3 Å². The van der Waals surface area contributed by atoms with Gasteiger partial charge in [0.1, 0.15) is 6.54 Å². The third-order valence-corrected chi connectivity index (χ3v) is 4.05. The number of thiophene rings is 1. The molecule has 0 radical (unpaired) electrons. The summed E-state index contributed by atoms with van der Waals surface area (Å²) in [6.45, 7) is 0.596. The van der Waals surface area contributed by atoms with Crippen LogP contribution in [0.15, 0.2) is 17.5 Å².